The van der Waals surface area contributed by atoms with E-state index >= 15 is 0 Å². The highest BCUT2D eigenvalue weighted by molar-refractivity contribution is 5.96. The predicted octanol–water partition coefficient (Wildman–Crippen LogP) is 3.70. The van der Waals surface area contributed by atoms with Crippen LogP contribution in [0.4, 0.5) is 0 Å². The maximum atomic E-state index is 12.8. The highest BCUT2D eigenvalue weighted by Crippen LogP contribution is 2.38. The van der Waals surface area contributed by atoms with Crippen molar-refractivity contribution >= 4 is 18.1 Å². The third-order valence-electron chi connectivity index (χ3n) is 4.43. The van der Waals surface area contributed by atoms with Gasteiger partial charge in [0.2, 0.25) is 5.75 Å². The van der Waals surface area contributed by atoms with E-state index in [0.717, 1.165) is 0 Å². The minimum absolute atomic E-state index is 0.212. The van der Waals surface area contributed by atoms with Gasteiger partial charge in [0.1, 0.15) is 5.75 Å². The molecular formula is C24H22N2O6. The standard InChI is InChI=1S/C24H22N2O6/c1-29-20-13-18(14-21(30-2)22(20)31-3)24(28)32-19-12-8-7-11-17(19)15-25-26-23(27)16-9-5-4-6-10-16/h4-15H,1-3H3,(H,26,27). The van der Waals surface area contributed by atoms with Crippen LogP contribution in [0, 0.1) is 0 Å². The van der Waals surface area contributed by atoms with E-state index in [9.17, 15) is 9.59 Å². The van der Waals surface area contributed by atoms with Crippen LogP contribution in [-0.2, 0) is 0 Å². The lowest BCUT2D eigenvalue weighted by atomic mass is 10.1. The molecule has 0 unspecified atom stereocenters. The number of esters is 1. The molecule has 0 atom stereocenters. The Balaban J connectivity index is 1.77. The Morgan fingerprint density at radius 3 is 2.03 bits per heavy atom. The number of hydrogen-bond acceptors (Lipinski definition) is 7. The quantitative estimate of drug-likeness (QED) is 0.251. The van der Waals surface area contributed by atoms with Gasteiger partial charge in [-0.1, -0.05) is 30.3 Å². The Labute approximate surface area is 185 Å². The fourth-order valence-corrected chi connectivity index (χ4v) is 2.85. The van der Waals surface area contributed by atoms with Crippen LogP contribution in [0.5, 0.6) is 23.0 Å². The van der Waals surface area contributed by atoms with Gasteiger partial charge >= 0.3 is 5.97 Å². The molecule has 0 saturated carbocycles. The van der Waals surface area contributed by atoms with E-state index in [0.29, 0.717) is 28.4 Å². The van der Waals surface area contributed by atoms with Gasteiger partial charge in [-0.3, -0.25) is 4.79 Å². The molecule has 0 bridgehead atoms. The first-order chi connectivity index (χ1) is 15.6. The molecule has 3 rings (SSSR count). The van der Waals surface area contributed by atoms with Crippen molar-refractivity contribution in [3.8, 4) is 23.0 Å². The molecule has 1 N–H and O–H groups in total. The number of hydrazone groups is 1. The van der Waals surface area contributed by atoms with Crippen LogP contribution in [0.15, 0.2) is 71.8 Å². The summed E-state index contributed by atoms with van der Waals surface area (Å²) in [6.45, 7) is 0. The summed E-state index contributed by atoms with van der Waals surface area (Å²) in [5.74, 6) is 0.318. The Morgan fingerprint density at radius 1 is 0.781 bits per heavy atom. The summed E-state index contributed by atoms with van der Waals surface area (Å²) in [4.78, 5) is 24.9. The maximum absolute atomic E-state index is 12.8. The Kier molecular flexibility index (Phi) is 7.42. The number of para-hydroxylation sites is 1. The molecular weight excluding hydrogens is 412 g/mol. The summed E-state index contributed by atoms with van der Waals surface area (Å²) in [5, 5.41) is 3.96. The molecule has 164 valence electrons. The lowest BCUT2D eigenvalue weighted by Gasteiger charge is -2.14. The van der Waals surface area contributed by atoms with E-state index in [1.54, 1.807) is 48.5 Å². The van der Waals surface area contributed by atoms with Crippen molar-refractivity contribution < 1.29 is 28.5 Å². The minimum Gasteiger partial charge on any atom is -0.493 e. The van der Waals surface area contributed by atoms with Crippen molar-refractivity contribution in [2.75, 3.05) is 21.3 Å². The second-order valence-electron chi connectivity index (χ2n) is 6.41. The second-order valence-corrected chi connectivity index (χ2v) is 6.41. The molecule has 0 radical (unpaired) electrons. The summed E-state index contributed by atoms with van der Waals surface area (Å²) in [5.41, 5.74) is 3.64. The lowest BCUT2D eigenvalue weighted by Crippen LogP contribution is -2.17. The van der Waals surface area contributed by atoms with Crippen LogP contribution in [0.25, 0.3) is 0 Å². The Hall–Kier alpha value is -4.33. The number of benzene rings is 3. The molecule has 32 heavy (non-hydrogen) atoms. The number of amides is 1. The number of ether oxygens (including phenoxy) is 4. The van der Waals surface area contributed by atoms with Crippen molar-refractivity contribution in [2.45, 2.75) is 0 Å². The normalized spacial score (nSPS) is 10.5. The smallest absolute Gasteiger partial charge is 0.343 e. The predicted molar refractivity (Wildman–Crippen MR) is 119 cm³/mol. The first-order valence-corrected chi connectivity index (χ1v) is 9.57. The van der Waals surface area contributed by atoms with Crippen LogP contribution >= 0.6 is 0 Å². The molecule has 0 aliphatic carbocycles. The van der Waals surface area contributed by atoms with E-state index < -0.39 is 5.97 Å². The number of nitrogens with one attached hydrogen (secondary N) is 1. The second kappa shape index (κ2) is 10.6. The highest BCUT2D eigenvalue weighted by atomic mass is 16.5. The molecule has 0 aromatic heterocycles. The van der Waals surface area contributed by atoms with Crippen molar-refractivity contribution in [3.63, 3.8) is 0 Å². The summed E-state index contributed by atoms with van der Waals surface area (Å²) in [6.07, 6.45) is 1.40. The molecule has 3 aromatic carbocycles. The summed E-state index contributed by atoms with van der Waals surface area (Å²) >= 11 is 0. The van der Waals surface area contributed by atoms with Crippen LogP contribution < -0.4 is 24.4 Å². The maximum Gasteiger partial charge on any atom is 0.343 e. The molecule has 0 saturated heterocycles. The molecule has 1 amide bonds. The van der Waals surface area contributed by atoms with Crippen LogP contribution in [0.3, 0.4) is 0 Å². The monoisotopic (exact) mass is 434 g/mol. The fourth-order valence-electron chi connectivity index (χ4n) is 2.85. The van der Waals surface area contributed by atoms with Gasteiger partial charge in [0.25, 0.3) is 5.91 Å². The van der Waals surface area contributed by atoms with Crippen LogP contribution in [0.1, 0.15) is 26.3 Å². The minimum atomic E-state index is -0.626. The molecule has 3 aromatic rings. The molecule has 0 heterocycles. The Morgan fingerprint density at radius 2 is 1.41 bits per heavy atom. The number of rotatable bonds is 8. The van der Waals surface area contributed by atoms with Crippen molar-refractivity contribution in [1.29, 1.82) is 0 Å². The molecule has 0 spiro atoms. The SMILES string of the molecule is COc1cc(C(=O)Oc2ccccc2C=NNC(=O)c2ccccc2)cc(OC)c1OC. The molecule has 0 aliphatic heterocycles. The lowest BCUT2D eigenvalue weighted by molar-refractivity contribution is 0.0733. The van der Waals surface area contributed by atoms with Gasteiger partial charge in [-0.05, 0) is 36.4 Å². The third kappa shape index (κ3) is 5.23. The first-order valence-electron chi connectivity index (χ1n) is 9.57. The summed E-state index contributed by atoms with van der Waals surface area (Å²) in [6, 6.07) is 18.5. The van der Waals surface area contributed by atoms with Crippen LogP contribution in [-0.4, -0.2) is 39.4 Å². The van der Waals surface area contributed by atoms with Gasteiger partial charge in [0.05, 0.1) is 33.1 Å². The van der Waals surface area contributed by atoms with Crippen molar-refractivity contribution in [2.24, 2.45) is 5.10 Å². The molecule has 8 heteroatoms. The molecule has 8 nitrogen and oxygen atoms in total. The van der Waals surface area contributed by atoms with Gasteiger partial charge in [0, 0.05) is 11.1 Å². The largest absolute Gasteiger partial charge is 0.493 e. The van der Waals surface area contributed by atoms with E-state index in [2.05, 4.69) is 10.5 Å². The van der Waals surface area contributed by atoms with Gasteiger partial charge in [-0.2, -0.15) is 5.10 Å². The number of carbonyl (C=O) groups excluding carboxylic acids is 2. The first kappa shape index (κ1) is 22.4. The van der Waals surface area contributed by atoms with Crippen LogP contribution in [0.2, 0.25) is 0 Å². The zero-order valence-electron chi connectivity index (χ0n) is 17.8. The van der Waals surface area contributed by atoms with Crippen molar-refractivity contribution in [3.05, 3.63) is 83.4 Å². The van der Waals surface area contributed by atoms with Crippen molar-refractivity contribution in [1.82, 2.24) is 5.43 Å². The number of hydrogen-bond donors (Lipinski definition) is 1. The van der Waals surface area contributed by atoms with E-state index in [1.165, 1.54) is 39.7 Å². The molecule has 0 fully saturated rings. The van der Waals surface area contributed by atoms with Gasteiger partial charge in [-0.25, -0.2) is 10.2 Å². The van der Waals surface area contributed by atoms with Gasteiger partial charge in [-0.15, -0.1) is 0 Å². The van der Waals surface area contributed by atoms with Gasteiger partial charge < -0.3 is 18.9 Å². The summed E-state index contributed by atoms with van der Waals surface area (Å²) < 4.78 is 21.4. The van der Waals surface area contributed by atoms with Gasteiger partial charge in [0.15, 0.2) is 11.5 Å². The van der Waals surface area contributed by atoms with E-state index in [1.807, 2.05) is 6.07 Å². The number of methoxy groups -OCH3 is 3. The van der Waals surface area contributed by atoms with E-state index in [-0.39, 0.29) is 17.2 Å². The third-order valence-corrected chi connectivity index (χ3v) is 4.43. The zero-order chi connectivity index (χ0) is 22.9. The zero-order valence-corrected chi connectivity index (χ0v) is 17.8. The highest BCUT2D eigenvalue weighted by Gasteiger charge is 2.19. The fraction of sp³-hybridized carbons (Fsp3) is 0.125. The number of nitrogens with zero attached hydrogens (tertiary/aromatic N) is 1. The Bertz CT molecular complexity index is 1100. The van der Waals surface area contributed by atoms with E-state index in [4.69, 9.17) is 18.9 Å². The topological polar surface area (TPSA) is 95.5 Å². The molecule has 0 aliphatic rings. The summed E-state index contributed by atoms with van der Waals surface area (Å²) in [7, 11) is 4.40. The average Bonchev–Trinajstić information content (AvgIpc) is 2.84. The number of carbonyl (C=O) groups is 2. The average molecular weight is 434 g/mol.